The standard InChI is InChI=1S/C14H17F3N2O2/c15-14(16,17)12-6-10(3-4-11(12)13(18)20)21-8-9-2-1-5-19-7-9/h3-4,6,9,19H,1-2,5,7-8H2,(H2,18,20). The van der Waals surface area contributed by atoms with E-state index < -0.39 is 23.2 Å². The van der Waals surface area contributed by atoms with Gasteiger partial charge in [0, 0.05) is 12.5 Å². The van der Waals surface area contributed by atoms with Crippen molar-refractivity contribution in [2.75, 3.05) is 19.7 Å². The van der Waals surface area contributed by atoms with Crippen LogP contribution in [-0.2, 0) is 6.18 Å². The molecule has 1 fully saturated rings. The molecule has 1 aromatic rings. The van der Waals surface area contributed by atoms with Gasteiger partial charge in [-0.3, -0.25) is 4.79 Å². The fourth-order valence-electron chi connectivity index (χ4n) is 2.34. The summed E-state index contributed by atoms with van der Waals surface area (Å²) in [5.41, 5.74) is 3.36. The Kier molecular flexibility index (Phi) is 4.72. The molecule has 0 spiro atoms. The van der Waals surface area contributed by atoms with Crippen LogP contribution in [-0.4, -0.2) is 25.6 Å². The summed E-state index contributed by atoms with van der Waals surface area (Å²) in [6.45, 7) is 2.10. The smallest absolute Gasteiger partial charge is 0.417 e. The van der Waals surface area contributed by atoms with Gasteiger partial charge in [-0.15, -0.1) is 0 Å². The van der Waals surface area contributed by atoms with Gasteiger partial charge in [0.15, 0.2) is 0 Å². The van der Waals surface area contributed by atoms with Crippen LogP contribution in [0.25, 0.3) is 0 Å². The summed E-state index contributed by atoms with van der Waals surface area (Å²) in [4.78, 5) is 11.1. The molecular weight excluding hydrogens is 285 g/mol. The SMILES string of the molecule is NC(=O)c1ccc(OCC2CCCNC2)cc1C(F)(F)F. The number of rotatable bonds is 4. The van der Waals surface area contributed by atoms with Crippen molar-refractivity contribution < 1.29 is 22.7 Å². The maximum atomic E-state index is 12.9. The van der Waals surface area contributed by atoms with Gasteiger partial charge >= 0.3 is 6.18 Å². The molecule has 1 aromatic carbocycles. The lowest BCUT2D eigenvalue weighted by Crippen LogP contribution is -2.33. The molecule has 0 saturated carbocycles. The van der Waals surface area contributed by atoms with Crippen LogP contribution >= 0.6 is 0 Å². The zero-order valence-corrected chi connectivity index (χ0v) is 11.4. The first-order chi connectivity index (χ1) is 9.88. The van der Waals surface area contributed by atoms with E-state index in [4.69, 9.17) is 10.5 Å². The number of nitrogens with one attached hydrogen (secondary N) is 1. The van der Waals surface area contributed by atoms with Gasteiger partial charge in [0.2, 0.25) is 5.91 Å². The molecule has 1 aliphatic heterocycles. The summed E-state index contributed by atoms with van der Waals surface area (Å²) in [5, 5.41) is 3.21. The third kappa shape index (κ3) is 4.10. The molecule has 0 radical (unpaired) electrons. The van der Waals surface area contributed by atoms with E-state index in [2.05, 4.69) is 5.32 Å². The maximum absolute atomic E-state index is 12.9. The lowest BCUT2D eigenvalue weighted by atomic mass is 10.0. The van der Waals surface area contributed by atoms with Gasteiger partial charge in [-0.2, -0.15) is 13.2 Å². The molecular formula is C14H17F3N2O2. The highest BCUT2D eigenvalue weighted by atomic mass is 19.4. The van der Waals surface area contributed by atoms with E-state index in [1.54, 1.807) is 0 Å². The topological polar surface area (TPSA) is 64.4 Å². The average Bonchev–Trinajstić information content (AvgIpc) is 2.45. The first-order valence-electron chi connectivity index (χ1n) is 6.72. The number of carbonyl (C=O) groups excluding carboxylic acids is 1. The molecule has 1 amide bonds. The van der Waals surface area contributed by atoms with Gasteiger partial charge in [-0.25, -0.2) is 0 Å². The number of primary amides is 1. The Morgan fingerprint density at radius 3 is 2.76 bits per heavy atom. The summed E-state index contributed by atoms with van der Waals surface area (Å²) in [6, 6.07) is 3.22. The molecule has 1 aliphatic rings. The number of amides is 1. The minimum absolute atomic E-state index is 0.0953. The number of halogens is 3. The predicted molar refractivity (Wildman–Crippen MR) is 71.1 cm³/mol. The van der Waals surface area contributed by atoms with Crippen molar-refractivity contribution in [2.24, 2.45) is 11.7 Å². The highest BCUT2D eigenvalue weighted by molar-refractivity contribution is 5.94. The predicted octanol–water partition coefficient (Wildman–Crippen LogP) is 2.18. The second kappa shape index (κ2) is 6.34. The van der Waals surface area contributed by atoms with E-state index in [1.807, 2.05) is 0 Å². The summed E-state index contributed by atoms with van der Waals surface area (Å²) in [5.74, 6) is -0.729. The zero-order chi connectivity index (χ0) is 15.5. The normalized spacial score (nSPS) is 19.3. The van der Waals surface area contributed by atoms with Crippen molar-refractivity contribution in [3.63, 3.8) is 0 Å². The average molecular weight is 302 g/mol. The maximum Gasteiger partial charge on any atom is 0.417 e. The summed E-state index contributed by atoms with van der Waals surface area (Å²) >= 11 is 0. The van der Waals surface area contributed by atoms with Gasteiger partial charge < -0.3 is 15.8 Å². The molecule has 2 rings (SSSR count). The summed E-state index contributed by atoms with van der Waals surface area (Å²) in [6.07, 6.45) is -2.63. The van der Waals surface area contributed by atoms with Crippen molar-refractivity contribution in [2.45, 2.75) is 19.0 Å². The van der Waals surface area contributed by atoms with Gasteiger partial charge in [0.05, 0.1) is 17.7 Å². The van der Waals surface area contributed by atoms with Gasteiger partial charge in [-0.1, -0.05) is 0 Å². The number of piperidine rings is 1. The molecule has 0 bridgehead atoms. The highest BCUT2D eigenvalue weighted by Crippen LogP contribution is 2.34. The van der Waals surface area contributed by atoms with Crippen molar-refractivity contribution in [3.8, 4) is 5.75 Å². The summed E-state index contributed by atoms with van der Waals surface area (Å²) in [7, 11) is 0. The third-order valence-corrected chi connectivity index (χ3v) is 3.45. The van der Waals surface area contributed by atoms with Gasteiger partial charge in [0.25, 0.3) is 0 Å². The summed E-state index contributed by atoms with van der Waals surface area (Å²) < 4.78 is 44.2. The van der Waals surface area contributed by atoms with Crippen LogP contribution in [0.3, 0.4) is 0 Å². The number of nitrogens with two attached hydrogens (primary N) is 1. The number of carbonyl (C=O) groups is 1. The number of ether oxygens (including phenoxy) is 1. The van der Waals surface area contributed by atoms with Crippen LogP contribution < -0.4 is 15.8 Å². The van der Waals surface area contributed by atoms with Crippen LogP contribution in [0.2, 0.25) is 0 Å². The number of benzene rings is 1. The quantitative estimate of drug-likeness (QED) is 0.896. The van der Waals surface area contributed by atoms with Crippen LogP contribution in [0.5, 0.6) is 5.75 Å². The Morgan fingerprint density at radius 1 is 1.43 bits per heavy atom. The Labute approximate surface area is 120 Å². The lowest BCUT2D eigenvalue weighted by molar-refractivity contribution is -0.138. The Bertz CT molecular complexity index is 511. The lowest BCUT2D eigenvalue weighted by Gasteiger charge is -2.23. The molecule has 4 nitrogen and oxygen atoms in total. The largest absolute Gasteiger partial charge is 0.493 e. The van der Waals surface area contributed by atoms with E-state index in [-0.39, 0.29) is 11.7 Å². The molecule has 0 aromatic heterocycles. The first-order valence-corrected chi connectivity index (χ1v) is 6.72. The van der Waals surface area contributed by atoms with Crippen molar-refractivity contribution >= 4 is 5.91 Å². The Morgan fingerprint density at radius 2 is 2.19 bits per heavy atom. The van der Waals surface area contributed by atoms with Crippen molar-refractivity contribution in [1.82, 2.24) is 5.32 Å². The van der Waals surface area contributed by atoms with E-state index in [1.165, 1.54) is 6.07 Å². The first kappa shape index (κ1) is 15.6. The molecule has 1 saturated heterocycles. The second-order valence-corrected chi connectivity index (χ2v) is 5.09. The highest BCUT2D eigenvalue weighted by Gasteiger charge is 2.35. The Balaban J connectivity index is 2.11. The molecule has 7 heteroatoms. The molecule has 1 heterocycles. The molecule has 116 valence electrons. The minimum Gasteiger partial charge on any atom is -0.493 e. The number of hydrogen-bond acceptors (Lipinski definition) is 3. The van der Waals surface area contributed by atoms with Crippen LogP contribution in [0.15, 0.2) is 18.2 Å². The third-order valence-electron chi connectivity index (χ3n) is 3.45. The number of hydrogen-bond donors (Lipinski definition) is 2. The fraction of sp³-hybridized carbons (Fsp3) is 0.500. The Hall–Kier alpha value is -1.76. The van der Waals surface area contributed by atoms with E-state index in [9.17, 15) is 18.0 Å². The van der Waals surface area contributed by atoms with Crippen molar-refractivity contribution in [3.05, 3.63) is 29.3 Å². The van der Waals surface area contributed by atoms with E-state index in [0.717, 1.165) is 38.1 Å². The minimum atomic E-state index is -4.64. The van der Waals surface area contributed by atoms with E-state index in [0.29, 0.717) is 6.61 Å². The second-order valence-electron chi connectivity index (χ2n) is 5.09. The number of alkyl halides is 3. The molecule has 0 aliphatic carbocycles. The monoisotopic (exact) mass is 302 g/mol. The molecule has 1 atom stereocenters. The van der Waals surface area contributed by atoms with Gasteiger partial charge in [-0.05, 0) is 37.6 Å². The zero-order valence-electron chi connectivity index (χ0n) is 11.4. The molecule has 1 unspecified atom stereocenters. The van der Waals surface area contributed by atoms with Crippen LogP contribution in [0.4, 0.5) is 13.2 Å². The molecule has 21 heavy (non-hydrogen) atoms. The van der Waals surface area contributed by atoms with Crippen LogP contribution in [0, 0.1) is 5.92 Å². The van der Waals surface area contributed by atoms with E-state index >= 15 is 0 Å². The molecule has 3 N–H and O–H groups in total. The van der Waals surface area contributed by atoms with Gasteiger partial charge in [0.1, 0.15) is 5.75 Å². The fourth-order valence-corrected chi connectivity index (χ4v) is 2.34. The van der Waals surface area contributed by atoms with Crippen LogP contribution in [0.1, 0.15) is 28.8 Å². The van der Waals surface area contributed by atoms with Crippen molar-refractivity contribution in [1.29, 1.82) is 0 Å².